The Balaban J connectivity index is 1.87. The van der Waals surface area contributed by atoms with Crippen LogP contribution in [0.15, 0.2) is 0 Å². The first kappa shape index (κ1) is 11.9. The number of rotatable bonds is 2. The summed E-state index contributed by atoms with van der Waals surface area (Å²) < 4.78 is 11.9. The Morgan fingerprint density at radius 1 is 1.35 bits per heavy atom. The molecule has 0 amide bonds. The van der Waals surface area contributed by atoms with Crippen molar-refractivity contribution in [1.82, 2.24) is 4.90 Å². The van der Waals surface area contributed by atoms with Gasteiger partial charge >= 0.3 is 0 Å². The molecule has 0 saturated carbocycles. The molecular weight excluding hydrogens is 222 g/mol. The van der Waals surface area contributed by atoms with Gasteiger partial charge in [-0.2, -0.15) is 0 Å². The van der Waals surface area contributed by atoms with E-state index in [0.29, 0.717) is 6.04 Å². The highest BCUT2D eigenvalue weighted by atomic mass is 16.8. The van der Waals surface area contributed by atoms with Crippen molar-refractivity contribution in [3.05, 3.63) is 0 Å². The quantitative estimate of drug-likeness (QED) is 0.697. The minimum atomic E-state index is -0.747. The van der Waals surface area contributed by atoms with Crippen LogP contribution in [-0.4, -0.2) is 64.4 Å². The van der Waals surface area contributed by atoms with Gasteiger partial charge in [-0.1, -0.05) is 0 Å². The highest BCUT2D eigenvalue weighted by Crippen LogP contribution is 2.44. The Kier molecular flexibility index (Phi) is 2.72. The van der Waals surface area contributed by atoms with E-state index in [-0.39, 0.29) is 24.9 Å². The molecule has 0 radical (unpaired) electrons. The summed E-state index contributed by atoms with van der Waals surface area (Å²) in [5.41, 5.74) is 0. The molecule has 5 nitrogen and oxygen atoms in total. The van der Waals surface area contributed by atoms with Crippen molar-refractivity contribution in [3.63, 3.8) is 0 Å². The van der Waals surface area contributed by atoms with Gasteiger partial charge < -0.3 is 19.7 Å². The topological polar surface area (TPSA) is 62.2 Å². The molecule has 0 aliphatic carbocycles. The Labute approximate surface area is 101 Å². The van der Waals surface area contributed by atoms with Crippen LogP contribution in [0.5, 0.6) is 0 Å². The fourth-order valence-corrected chi connectivity index (χ4v) is 3.65. The SMILES string of the molecule is CC1(C)O[C@@H]2[C@H](O1)[C@H]1CCCN1[C@H]2[C@@H](O)CO. The van der Waals surface area contributed by atoms with Gasteiger partial charge in [0.05, 0.1) is 18.8 Å². The summed E-state index contributed by atoms with van der Waals surface area (Å²) in [7, 11) is 0. The third kappa shape index (κ3) is 1.72. The molecule has 5 heteroatoms. The van der Waals surface area contributed by atoms with Crippen LogP contribution in [0, 0.1) is 0 Å². The summed E-state index contributed by atoms with van der Waals surface area (Å²) >= 11 is 0. The lowest BCUT2D eigenvalue weighted by Crippen LogP contribution is -2.48. The molecule has 0 bridgehead atoms. The standard InChI is InChI=1S/C12H21NO4/c1-12(2)16-10-7-4-3-5-13(7)9(8(15)6-14)11(10)17-12/h7-11,14-15H,3-6H2,1-2H3/t7-,8+,9+,10-,11+/m1/s1. The highest BCUT2D eigenvalue weighted by molar-refractivity contribution is 5.10. The molecule has 3 heterocycles. The van der Waals surface area contributed by atoms with E-state index in [2.05, 4.69) is 4.90 Å². The summed E-state index contributed by atoms with van der Waals surface area (Å²) in [6, 6.07) is 0.215. The van der Waals surface area contributed by atoms with Gasteiger partial charge in [-0.25, -0.2) is 0 Å². The van der Waals surface area contributed by atoms with E-state index in [1.54, 1.807) is 0 Å². The first-order chi connectivity index (χ1) is 8.03. The minimum Gasteiger partial charge on any atom is -0.394 e. The van der Waals surface area contributed by atoms with Gasteiger partial charge in [-0.3, -0.25) is 4.90 Å². The number of hydrogen-bond acceptors (Lipinski definition) is 5. The van der Waals surface area contributed by atoms with E-state index < -0.39 is 11.9 Å². The van der Waals surface area contributed by atoms with Gasteiger partial charge in [0.1, 0.15) is 12.2 Å². The van der Waals surface area contributed by atoms with Crippen LogP contribution in [-0.2, 0) is 9.47 Å². The predicted molar refractivity (Wildman–Crippen MR) is 60.4 cm³/mol. The Bertz CT molecular complexity index is 309. The molecule has 3 aliphatic heterocycles. The molecule has 3 rings (SSSR count). The maximum absolute atomic E-state index is 9.99. The maximum Gasteiger partial charge on any atom is 0.163 e. The average Bonchev–Trinajstić information content (AvgIpc) is 2.87. The molecule has 3 saturated heterocycles. The summed E-state index contributed by atoms with van der Waals surface area (Å²) in [5.74, 6) is -0.572. The normalized spacial score (nSPS) is 45.9. The van der Waals surface area contributed by atoms with E-state index in [9.17, 15) is 10.2 Å². The van der Waals surface area contributed by atoms with Gasteiger partial charge in [0.25, 0.3) is 0 Å². The first-order valence-corrected chi connectivity index (χ1v) is 6.44. The molecular formula is C12H21NO4. The van der Waals surface area contributed by atoms with Crippen LogP contribution in [0.2, 0.25) is 0 Å². The van der Waals surface area contributed by atoms with E-state index in [1.165, 1.54) is 0 Å². The lowest BCUT2D eigenvalue weighted by Gasteiger charge is -2.31. The van der Waals surface area contributed by atoms with Crippen molar-refractivity contribution in [2.45, 2.75) is 62.9 Å². The van der Waals surface area contributed by atoms with Crippen LogP contribution in [0.3, 0.4) is 0 Å². The second-order valence-electron chi connectivity index (χ2n) is 5.75. The molecule has 3 fully saturated rings. The second-order valence-corrected chi connectivity index (χ2v) is 5.75. The monoisotopic (exact) mass is 243 g/mol. The Morgan fingerprint density at radius 3 is 2.76 bits per heavy atom. The van der Waals surface area contributed by atoms with Crippen LogP contribution in [0.4, 0.5) is 0 Å². The van der Waals surface area contributed by atoms with Gasteiger partial charge in [-0.15, -0.1) is 0 Å². The van der Waals surface area contributed by atoms with Gasteiger partial charge in [0.2, 0.25) is 0 Å². The summed E-state index contributed by atoms with van der Waals surface area (Å²) in [6.07, 6.45) is 1.40. The number of hydrogen-bond donors (Lipinski definition) is 2. The molecule has 0 aromatic carbocycles. The van der Waals surface area contributed by atoms with Gasteiger partial charge in [0, 0.05) is 6.04 Å². The van der Waals surface area contributed by atoms with Gasteiger partial charge in [-0.05, 0) is 33.2 Å². The van der Waals surface area contributed by atoms with E-state index in [4.69, 9.17) is 9.47 Å². The highest BCUT2D eigenvalue weighted by Gasteiger charge is 2.60. The van der Waals surface area contributed by atoms with E-state index >= 15 is 0 Å². The van der Waals surface area contributed by atoms with Crippen molar-refractivity contribution in [3.8, 4) is 0 Å². The largest absolute Gasteiger partial charge is 0.394 e. The molecule has 5 atom stereocenters. The number of aliphatic hydroxyl groups is 2. The fourth-order valence-electron chi connectivity index (χ4n) is 3.65. The predicted octanol–water partition coefficient (Wildman–Crippen LogP) is -0.294. The molecule has 2 N–H and O–H groups in total. The lowest BCUT2D eigenvalue weighted by molar-refractivity contribution is -0.172. The molecule has 0 aromatic rings. The van der Waals surface area contributed by atoms with Crippen LogP contribution < -0.4 is 0 Å². The average molecular weight is 243 g/mol. The van der Waals surface area contributed by atoms with Crippen molar-refractivity contribution >= 4 is 0 Å². The summed E-state index contributed by atoms with van der Waals surface area (Å²) in [4.78, 5) is 2.26. The Morgan fingerprint density at radius 2 is 2.06 bits per heavy atom. The zero-order valence-electron chi connectivity index (χ0n) is 10.4. The molecule has 17 heavy (non-hydrogen) atoms. The van der Waals surface area contributed by atoms with Crippen molar-refractivity contribution in [1.29, 1.82) is 0 Å². The van der Waals surface area contributed by atoms with Crippen molar-refractivity contribution in [2.24, 2.45) is 0 Å². The van der Waals surface area contributed by atoms with Crippen LogP contribution in [0.1, 0.15) is 26.7 Å². The van der Waals surface area contributed by atoms with E-state index in [0.717, 1.165) is 19.4 Å². The molecule has 0 spiro atoms. The van der Waals surface area contributed by atoms with Crippen molar-refractivity contribution in [2.75, 3.05) is 13.2 Å². The molecule has 98 valence electrons. The lowest BCUT2D eigenvalue weighted by atomic mass is 10.0. The molecule has 0 aromatic heterocycles. The van der Waals surface area contributed by atoms with Crippen molar-refractivity contribution < 1.29 is 19.7 Å². The molecule has 3 aliphatic rings. The third-order valence-corrected chi connectivity index (χ3v) is 4.19. The number of nitrogens with zero attached hydrogens (tertiary/aromatic N) is 1. The number of aliphatic hydroxyl groups excluding tert-OH is 2. The second kappa shape index (κ2) is 3.90. The number of fused-ring (bicyclic) bond motifs is 3. The smallest absolute Gasteiger partial charge is 0.163 e. The molecule has 0 unspecified atom stereocenters. The van der Waals surface area contributed by atoms with Gasteiger partial charge in [0.15, 0.2) is 5.79 Å². The summed E-state index contributed by atoms with van der Waals surface area (Å²) in [5, 5.41) is 19.2. The zero-order chi connectivity index (χ0) is 12.2. The number of ether oxygens (including phenoxy) is 2. The van der Waals surface area contributed by atoms with E-state index in [1.807, 2.05) is 13.8 Å². The fraction of sp³-hybridized carbons (Fsp3) is 1.00. The van der Waals surface area contributed by atoms with Crippen LogP contribution in [0.25, 0.3) is 0 Å². The minimum absolute atomic E-state index is 0.0405. The Hall–Kier alpha value is -0.200. The van der Waals surface area contributed by atoms with Crippen LogP contribution >= 0.6 is 0 Å². The maximum atomic E-state index is 9.99. The summed E-state index contributed by atoms with van der Waals surface area (Å²) in [6.45, 7) is 4.56. The zero-order valence-corrected chi connectivity index (χ0v) is 10.4. The first-order valence-electron chi connectivity index (χ1n) is 6.44. The third-order valence-electron chi connectivity index (χ3n) is 4.19.